The summed E-state index contributed by atoms with van der Waals surface area (Å²) in [7, 11) is 0. The van der Waals surface area contributed by atoms with Crippen LogP contribution in [0.2, 0.25) is 0 Å². The first-order valence-corrected chi connectivity index (χ1v) is 5.15. The van der Waals surface area contributed by atoms with Crippen molar-refractivity contribution < 1.29 is 0 Å². The molecule has 2 aromatic rings. The van der Waals surface area contributed by atoms with Crippen LogP contribution < -0.4 is 11.1 Å². The zero-order valence-electron chi connectivity index (χ0n) is 9.17. The van der Waals surface area contributed by atoms with Gasteiger partial charge in [0.1, 0.15) is 6.07 Å². The highest BCUT2D eigenvalue weighted by molar-refractivity contribution is 5.55. The van der Waals surface area contributed by atoms with Crippen LogP contribution in [0.15, 0.2) is 30.9 Å². The quantitative estimate of drug-likeness (QED) is 0.809. The number of nitrogens with zero attached hydrogens (tertiary/aromatic N) is 4. The van der Waals surface area contributed by atoms with E-state index in [1.807, 2.05) is 0 Å². The van der Waals surface area contributed by atoms with E-state index in [4.69, 9.17) is 11.0 Å². The first kappa shape index (κ1) is 11.0. The number of nitriles is 1. The molecule has 3 N–H and O–H groups in total. The molecule has 0 spiro atoms. The molecule has 2 aromatic heterocycles. The summed E-state index contributed by atoms with van der Waals surface area (Å²) in [6.07, 6.45) is 6.59. The van der Waals surface area contributed by atoms with Gasteiger partial charge in [0, 0.05) is 18.9 Å². The number of hydrogen-bond acceptors (Lipinski definition) is 5. The molecule has 2 heterocycles. The lowest BCUT2D eigenvalue weighted by Crippen LogP contribution is -2.11. The molecule has 0 aliphatic carbocycles. The Hall–Kier alpha value is -2.55. The van der Waals surface area contributed by atoms with Crippen LogP contribution >= 0.6 is 0 Å². The number of hydrogen-bond donors (Lipinski definition) is 2. The third-order valence-electron chi connectivity index (χ3n) is 2.25. The minimum Gasteiger partial charge on any atom is -0.396 e. The molecule has 0 aliphatic heterocycles. The normalized spacial score (nSPS) is 9.82. The van der Waals surface area contributed by atoms with Gasteiger partial charge < -0.3 is 11.1 Å². The molecule has 0 atom stereocenters. The van der Waals surface area contributed by atoms with Gasteiger partial charge in [0.05, 0.1) is 35.9 Å². The maximum atomic E-state index is 8.89. The van der Waals surface area contributed by atoms with Gasteiger partial charge in [-0.25, -0.2) is 0 Å². The Kier molecular flexibility index (Phi) is 3.21. The molecule has 0 unspecified atom stereocenters. The smallest absolute Gasteiger partial charge is 0.101 e. The Labute approximate surface area is 98.7 Å². The third-order valence-corrected chi connectivity index (χ3v) is 2.25. The summed E-state index contributed by atoms with van der Waals surface area (Å²) in [5, 5.41) is 16.1. The van der Waals surface area contributed by atoms with E-state index in [0.717, 1.165) is 5.69 Å². The number of aromatic nitrogens is 3. The van der Waals surface area contributed by atoms with Crippen LogP contribution in [0.25, 0.3) is 0 Å². The molecule has 6 nitrogen and oxygen atoms in total. The van der Waals surface area contributed by atoms with Gasteiger partial charge in [-0.05, 0) is 6.07 Å². The second-order valence-corrected chi connectivity index (χ2v) is 3.50. The molecule has 0 saturated heterocycles. The number of nitrogen functional groups attached to an aromatic ring is 1. The van der Waals surface area contributed by atoms with Crippen LogP contribution in [0.1, 0.15) is 5.56 Å². The largest absolute Gasteiger partial charge is 0.396 e. The highest BCUT2D eigenvalue weighted by atomic mass is 15.3. The zero-order chi connectivity index (χ0) is 12.1. The second kappa shape index (κ2) is 4.99. The summed E-state index contributed by atoms with van der Waals surface area (Å²) in [4.78, 5) is 3.97. The van der Waals surface area contributed by atoms with Crippen molar-refractivity contribution in [1.82, 2.24) is 14.8 Å². The fourth-order valence-electron chi connectivity index (χ4n) is 1.44. The van der Waals surface area contributed by atoms with E-state index < -0.39 is 0 Å². The molecule has 17 heavy (non-hydrogen) atoms. The molecule has 0 aromatic carbocycles. The lowest BCUT2D eigenvalue weighted by Gasteiger charge is -2.07. The zero-order valence-corrected chi connectivity index (χ0v) is 9.17. The Morgan fingerprint density at radius 1 is 1.47 bits per heavy atom. The Morgan fingerprint density at radius 2 is 2.35 bits per heavy atom. The fraction of sp³-hybridized carbons (Fsp3) is 0.182. The van der Waals surface area contributed by atoms with E-state index in [-0.39, 0.29) is 0 Å². The van der Waals surface area contributed by atoms with Crippen molar-refractivity contribution in [3.05, 3.63) is 36.4 Å². The minimum absolute atomic E-state index is 0.583. The minimum atomic E-state index is 0.583. The van der Waals surface area contributed by atoms with Gasteiger partial charge in [-0.15, -0.1) is 0 Å². The number of rotatable bonds is 4. The third kappa shape index (κ3) is 2.72. The molecule has 0 fully saturated rings. The average molecular weight is 228 g/mol. The molecule has 86 valence electrons. The van der Waals surface area contributed by atoms with E-state index in [1.54, 1.807) is 35.5 Å². The predicted octanol–water partition coefficient (Wildman–Crippen LogP) is 0.844. The van der Waals surface area contributed by atoms with Crippen molar-refractivity contribution in [2.45, 2.75) is 6.54 Å². The van der Waals surface area contributed by atoms with Gasteiger partial charge in [-0.1, -0.05) is 0 Å². The van der Waals surface area contributed by atoms with Crippen molar-refractivity contribution in [2.24, 2.45) is 0 Å². The van der Waals surface area contributed by atoms with Crippen LogP contribution in [0.5, 0.6) is 0 Å². The Bertz CT molecular complexity index is 539. The molecule has 0 bridgehead atoms. The Morgan fingerprint density at radius 3 is 3.06 bits per heavy atom. The van der Waals surface area contributed by atoms with Crippen molar-refractivity contribution in [1.29, 1.82) is 5.26 Å². The Balaban J connectivity index is 1.92. The second-order valence-electron chi connectivity index (χ2n) is 3.50. The SMILES string of the molecule is N#Cc1ccncc1NCCn1cc(N)cn1. The molecule has 0 amide bonds. The van der Waals surface area contributed by atoms with Crippen molar-refractivity contribution in [3.63, 3.8) is 0 Å². The average Bonchev–Trinajstić information content (AvgIpc) is 2.76. The molecule has 0 radical (unpaired) electrons. The maximum Gasteiger partial charge on any atom is 0.101 e. The van der Waals surface area contributed by atoms with E-state index >= 15 is 0 Å². The first-order valence-electron chi connectivity index (χ1n) is 5.15. The van der Waals surface area contributed by atoms with Crippen LogP contribution in [0.3, 0.4) is 0 Å². The van der Waals surface area contributed by atoms with Gasteiger partial charge in [0.2, 0.25) is 0 Å². The van der Waals surface area contributed by atoms with E-state index in [1.165, 1.54) is 0 Å². The monoisotopic (exact) mass is 228 g/mol. The maximum absolute atomic E-state index is 8.89. The number of anilines is 2. The van der Waals surface area contributed by atoms with Crippen LogP contribution in [-0.4, -0.2) is 21.3 Å². The van der Waals surface area contributed by atoms with Crippen LogP contribution in [0.4, 0.5) is 11.4 Å². The highest BCUT2D eigenvalue weighted by Gasteiger charge is 2.00. The number of pyridine rings is 1. The van der Waals surface area contributed by atoms with E-state index in [0.29, 0.717) is 24.3 Å². The van der Waals surface area contributed by atoms with Crippen LogP contribution in [-0.2, 0) is 6.54 Å². The lowest BCUT2D eigenvalue weighted by atomic mass is 10.2. The topological polar surface area (TPSA) is 92.5 Å². The van der Waals surface area contributed by atoms with Gasteiger partial charge in [0.15, 0.2) is 0 Å². The van der Waals surface area contributed by atoms with Gasteiger partial charge >= 0.3 is 0 Å². The summed E-state index contributed by atoms with van der Waals surface area (Å²) < 4.78 is 1.74. The summed E-state index contributed by atoms with van der Waals surface area (Å²) in [5.74, 6) is 0. The molecule has 6 heteroatoms. The van der Waals surface area contributed by atoms with Crippen molar-refractivity contribution in [2.75, 3.05) is 17.6 Å². The van der Waals surface area contributed by atoms with Crippen molar-refractivity contribution >= 4 is 11.4 Å². The summed E-state index contributed by atoms with van der Waals surface area (Å²) in [6.45, 7) is 1.33. The van der Waals surface area contributed by atoms with E-state index in [2.05, 4.69) is 21.5 Å². The molecular formula is C11H12N6. The van der Waals surface area contributed by atoms with Crippen molar-refractivity contribution in [3.8, 4) is 6.07 Å². The van der Waals surface area contributed by atoms with E-state index in [9.17, 15) is 0 Å². The summed E-state index contributed by atoms with van der Waals surface area (Å²) in [6, 6.07) is 3.78. The lowest BCUT2D eigenvalue weighted by molar-refractivity contribution is 0.638. The molecular weight excluding hydrogens is 216 g/mol. The van der Waals surface area contributed by atoms with Gasteiger partial charge in [0.25, 0.3) is 0 Å². The predicted molar refractivity (Wildman–Crippen MR) is 64.1 cm³/mol. The first-order chi connectivity index (χ1) is 8.29. The summed E-state index contributed by atoms with van der Waals surface area (Å²) in [5.41, 5.74) is 7.51. The number of nitrogens with one attached hydrogen (secondary N) is 1. The standard InChI is InChI=1S/C11H12N6/c12-5-9-1-2-14-7-11(9)15-3-4-17-8-10(13)6-16-17/h1-2,6-8,15H,3-4,13H2. The molecule has 0 saturated carbocycles. The molecule has 2 rings (SSSR count). The van der Waals surface area contributed by atoms with Gasteiger partial charge in [-0.2, -0.15) is 10.4 Å². The highest BCUT2D eigenvalue weighted by Crippen LogP contribution is 2.11. The fourth-order valence-corrected chi connectivity index (χ4v) is 1.44. The summed E-state index contributed by atoms with van der Waals surface area (Å²) >= 11 is 0. The van der Waals surface area contributed by atoms with Gasteiger partial charge in [-0.3, -0.25) is 9.67 Å². The number of nitrogens with two attached hydrogens (primary N) is 1. The molecule has 0 aliphatic rings. The van der Waals surface area contributed by atoms with Crippen LogP contribution in [0, 0.1) is 11.3 Å².